The van der Waals surface area contributed by atoms with Crippen molar-refractivity contribution in [2.45, 2.75) is 31.8 Å². The minimum absolute atomic E-state index is 0.00867. The van der Waals surface area contributed by atoms with E-state index in [9.17, 15) is 4.79 Å². The molecule has 0 aliphatic carbocycles. The summed E-state index contributed by atoms with van der Waals surface area (Å²) in [5.74, 6) is 7.01. The van der Waals surface area contributed by atoms with Crippen LogP contribution in [0.2, 0.25) is 5.02 Å². The fourth-order valence-electron chi connectivity index (χ4n) is 4.22. The smallest absolute Gasteiger partial charge is 0.241 e. The Morgan fingerprint density at radius 1 is 1.27 bits per heavy atom. The van der Waals surface area contributed by atoms with Gasteiger partial charge < -0.3 is 9.88 Å². The van der Waals surface area contributed by atoms with Crippen LogP contribution in [0.5, 0.6) is 0 Å². The number of aromatic nitrogens is 2. The van der Waals surface area contributed by atoms with Crippen LogP contribution in [0.3, 0.4) is 0 Å². The van der Waals surface area contributed by atoms with E-state index < -0.39 is 0 Å². The summed E-state index contributed by atoms with van der Waals surface area (Å²) in [6.07, 6.45) is 4.81. The van der Waals surface area contributed by atoms with Gasteiger partial charge in [0, 0.05) is 42.1 Å². The molecule has 33 heavy (non-hydrogen) atoms. The van der Waals surface area contributed by atoms with Crippen LogP contribution in [0.25, 0.3) is 0 Å². The SMILES string of the molecule is CC#CCC1CN(c2cccc(Cl)c2)C(=O)CN1C(Cc1ccc(C#N)cc1)c1ncc[nH]1. The first kappa shape index (κ1) is 22.6. The van der Waals surface area contributed by atoms with Gasteiger partial charge in [0.25, 0.3) is 0 Å². The van der Waals surface area contributed by atoms with Gasteiger partial charge in [-0.25, -0.2) is 4.98 Å². The van der Waals surface area contributed by atoms with Crippen LogP contribution >= 0.6 is 11.6 Å². The van der Waals surface area contributed by atoms with Crippen LogP contribution in [0, 0.1) is 23.2 Å². The van der Waals surface area contributed by atoms with Crippen molar-refractivity contribution in [3.8, 4) is 17.9 Å². The largest absolute Gasteiger partial charge is 0.347 e. The molecule has 0 radical (unpaired) electrons. The molecule has 3 aromatic rings. The van der Waals surface area contributed by atoms with Crippen molar-refractivity contribution in [3.05, 3.63) is 82.9 Å². The van der Waals surface area contributed by atoms with Gasteiger partial charge in [-0.15, -0.1) is 11.8 Å². The monoisotopic (exact) mass is 457 g/mol. The lowest BCUT2D eigenvalue weighted by molar-refractivity contribution is -0.123. The molecule has 166 valence electrons. The zero-order chi connectivity index (χ0) is 23.2. The van der Waals surface area contributed by atoms with E-state index in [1.54, 1.807) is 23.4 Å². The van der Waals surface area contributed by atoms with E-state index in [0.29, 0.717) is 30.0 Å². The Balaban J connectivity index is 1.66. The maximum absolute atomic E-state index is 13.3. The van der Waals surface area contributed by atoms with Gasteiger partial charge in [0.1, 0.15) is 5.82 Å². The first-order valence-corrected chi connectivity index (χ1v) is 11.2. The van der Waals surface area contributed by atoms with Gasteiger partial charge in [-0.05, 0) is 49.2 Å². The van der Waals surface area contributed by atoms with Crippen molar-refractivity contribution in [1.82, 2.24) is 14.9 Å². The van der Waals surface area contributed by atoms with Gasteiger partial charge in [-0.3, -0.25) is 9.69 Å². The predicted molar refractivity (Wildman–Crippen MR) is 129 cm³/mol. The maximum Gasteiger partial charge on any atom is 0.241 e. The molecule has 1 aliphatic rings. The number of anilines is 1. The van der Waals surface area contributed by atoms with Gasteiger partial charge in [0.05, 0.1) is 24.2 Å². The van der Waals surface area contributed by atoms with E-state index in [4.69, 9.17) is 16.9 Å². The van der Waals surface area contributed by atoms with Crippen LogP contribution in [0.15, 0.2) is 60.9 Å². The molecule has 1 aliphatic heterocycles. The minimum atomic E-state index is -0.137. The second-order valence-electron chi connectivity index (χ2n) is 7.94. The minimum Gasteiger partial charge on any atom is -0.347 e. The molecule has 4 rings (SSSR count). The first-order chi connectivity index (χ1) is 16.1. The summed E-state index contributed by atoms with van der Waals surface area (Å²) < 4.78 is 0. The average molecular weight is 458 g/mol. The van der Waals surface area contributed by atoms with Gasteiger partial charge in [-0.1, -0.05) is 29.8 Å². The summed E-state index contributed by atoms with van der Waals surface area (Å²) in [6, 6.07) is 17.0. The van der Waals surface area contributed by atoms with E-state index in [-0.39, 0.29) is 24.5 Å². The number of nitrogens with zero attached hydrogens (tertiary/aromatic N) is 4. The fourth-order valence-corrected chi connectivity index (χ4v) is 4.40. The summed E-state index contributed by atoms with van der Waals surface area (Å²) in [5, 5.41) is 9.71. The molecule has 2 aromatic carbocycles. The molecule has 2 heterocycles. The standard InChI is InChI=1S/C26H24ClN5O/c1-2-3-6-23-17-32(22-7-4-5-21(27)15-22)25(33)18-31(23)24(26-29-12-13-30-26)14-19-8-10-20(16-28)11-9-19/h4-5,7-13,15,23-24H,6,14,17-18H2,1H3,(H,29,30). The van der Waals surface area contributed by atoms with Crippen LogP contribution in [0.4, 0.5) is 5.69 Å². The van der Waals surface area contributed by atoms with Crippen molar-refractivity contribution in [1.29, 1.82) is 5.26 Å². The topological polar surface area (TPSA) is 76.0 Å². The Bertz CT molecular complexity index is 1200. The van der Waals surface area contributed by atoms with Crippen molar-refractivity contribution in [3.63, 3.8) is 0 Å². The van der Waals surface area contributed by atoms with Crippen LogP contribution in [-0.4, -0.2) is 39.9 Å². The van der Waals surface area contributed by atoms with Crippen LogP contribution in [-0.2, 0) is 11.2 Å². The molecule has 6 nitrogen and oxygen atoms in total. The molecule has 1 fully saturated rings. The highest BCUT2D eigenvalue weighted by Crippen LogP contribution is 2.31. The molecule has 0 spiro atoms. The Morgan fingerprint density at radius 2 is 2.09 bits per heavy atom. The molecule has 7 heteroatoms. The molecule has 2 unspecified atom stereocenters. The molecule has 1 saturated heterocycles. The van der Waals surface area contributed by atoms with E-state index in [1.807, 2.05) is 49.4 Å². The number of carbonyl (C=O) groups excluding carboxylic acids is 1. The molecule has 2 atom stereocenters. The quantitative estimate of drug-likeness (QED) is 0.558. The highest BCUT2D eigenvalue weighted by Gasteiger charge is 2.38. The zero-order valence-corrected chi connectivity index (χ0v) is 19.1. The molecule has 0 bridgehead atoms. The summed E-state index contributed by atoms with van der Waals surface area (Å²) in [5.41, 5.74) is 2.48. The van der Waals surface area contributed by atoms with Crippen molar-refractivity contribution in [2.75, 3.05) is 18.0 Å². The molecule has 1 amide bonds. The number of rotatable bonds is 6. The normalized spacial score (nSPS) is 17.2. The lowest BCUT2D eigenvalue weighted by atomic mass is 9.98. The lowest BCUT2D eigenvalue weighted by Gasteiger charge is -2.43. The second-order valence-corrected chi connectivity index (χ2v) is 8.38. The number of hydrogen-bond acceptors (Lipinski definition) is 4. The molecule has 0 saturated carbocycles. The lowest BCUT2D eigenvalue weighted by Crippen LogP contribution is -2.57. The van der Waals surface area contributed by atoms with Crippen LogP contribution in [0.1, 0.15) is 36.3 Å². The fraction of sp³-hybridized carbons (Fsp3) is 0.269. The van der Waals surface area contributed by atoms with Gasteiger partial charge in [-0.2, -0.15) is 5.26 Å². The number of nitrogens with one attached hydrogen (secondary N) is 1. The second kappa shape index (κ2) is 10.4. The van der Waals surface area contributed by atoms with Gasteiger partial charge in [0.15, 0.2) is 0 Å². The number of halogens is 1. The summed E-state index contributed by atoms with van der Waals surface area (Å²) >= 11 is 6.19. The first-order valence-electron chi connectivity index (χ1n) is 10.8. The highest BCUT2D eigenvalue weighted by atomic mass is 35.5. The van der Waals surface area contributed by atoms with Gasteiger partial charge in [0.2, 0.25) is 5.91 Å². The number of H-pyrrole nitrogens is 1. The molecule has 1 N–H and O–H groups in total. The summed E-state index contributed by atoms with van der Waals surface area (Å²) in [7, 11) is 0. The third kappa shape index (κ3) is 5.26. The van der Waals surface area contributed by atoms with Crippen molar-refractivity contribution in [2.24, 2.45) is 0 Å². The van der Waals surface area contributed by atoms with E-state index in [0.717, 1.165) is 17.1 Å². The average Bonchev–Trinajstić information content (AvgIpc) is 3.37. The third-order valence-electron chi connectivity index (χ3n) is 5.86. The maximum atomic E-state index is 13.3. The molecule has 1 aromatic heterocycles. The number of piperazine rings is 1. The number of carbonyl (C=O) groups is 1. The highest BCUT2D eigenvalue weighted by molar-refractivity contribution is 6.30. The number of amides is 1. The summed E-state index contributed by atoms with van der Waals surface area (Å²) in [4.78, 5) is 25.0. The van der Waals surface area contributed by atoms with Gasteiger partial charge >= 0.3 is 0 Å². The Morgan fingerprint density at radius 3 is 2.76 bits per heavy atom. The number of nitriles is 1. The van der Waals surface area contributed by atoms with E-state index in [2.05, 4.69) is 32.8 Å². The number of imidazole rings is 1. The zero-order valence-electron chi connectivity index (χ0n) is 18.3. The predicted octanol–water partition coefficient (Wildman–Crippen LogP) is 4.35. The molecular weight excluding hydrogens is 434 g/mol. The van der Waals surface area contributed by atoms with E-state index in [1.165, 1.54) is 0 Å². The third-order valence-corrected chi connectivity index (χ3v) is 6.10. The van der Waals surface area contributed by atoms with Crippen molar-refractivity contribution >= 4 is 23.2 Å². The number of benzene rings is 2. The Labute approximate surface area is 198 Å². The Hall–Kier alpha value is -3.58. The summed E-state index contributed by atoms with van der Waals surface area (Å²) in [6.45, 7) is 2.58. The Kier molecular flexibility index (Phi) is 7.10. The van der Waals surface area contributed by atoms with E-state index >= 15 is 0 Å². The number of aromatic amines is 1. The van der Waals surface area contributed by atoms with Crippen LogP contribution < -0.4 is 4.90 Å². The van der Waals surface area contributed by atoms with Crippen molar-refractivity contribution < 1.29 is 4.79 Å². The molecular formula is C26H24ClN5O. The number of hydrogen-bond donors (Lipinski definition) is 1.